The van der Waals surface area contributed by atoms with Crippen molar-refractivity contribution < 1.29 is 4.79 Å². The summed E-state index contributed by atoms with van der Waals surface area (Å²) in [6.45, 7) is 0. The number of rotatable bonds is 4. The third-order valence-corrected chi connectivity index (χ3v) is 4.85. The Hall–Kier alpha value is -2.37. The van der Waals surface area contributed by atoms with Crippen molar-refractivity contribution >= 4 is 5.91 Å². The van der Waals surface area contributed by atoms with Gasteiger partial charge in [0.1, 0.15) is 0 Å². The molecule has 2 heterocycles. The molecule has 0 saturated heterocycles. The van der Waals surface area contributed by atoms with Crippen molar-refractivity contribution in [2.45, 2.75) is 50.1 Å². The van der Waals surface area contributed by atoms with Gasteiger partial charge in [-0.1, -0.05) is 0 Å². The first-order valence-corrected chi connectivity index (χ1v) is 8.23. The molecule has 1 amide bonds. The van der Waals surface area contributed by atoms with Crippen LogP contribution in [-0.2, 0) is 0 Å². The predicted molar refractivity (Wildman–Crippen MR) is 85.4 cm³/mol. The van der Waals surface area contributed by atoms with E-state index in [1.807, 2.05) is 12.3 Å². The van der Waals surface area contributed by atoms with Gasteiger partial charge in [0.15, 0.2) is 0 Å². The van der Waals surface area contributed by atoms with Crippen LogP contribution >= 0.6 is 0 Å². The molecule has 0 spiro atoms. The molecular formula is C17H20N4O2. The van der Waals surface area contributed by atoms with Gasteiger partial charge in [0.05, 0.1) is 12.4 Å². The molecule has 120 valence electrons. The summed E-state index contributed by atoms with van der Waals surface area (Å²) in [5.41, 5.74) is 1.16. The van der Waals surface area contributed by atoms with E-state index in [0.29, 0.717) is 11.5 Å². The second-order valence-corrected chi connectivity index (χ2v) is 6.55. The fourth-order valence-corrected chi connectivity index (χ4v) is 3.49. The number of carbonyl (C=O) groups is 1. The van der Waals surface area contributed by atoms with E-state index in [2.05, 4.69) is 19.9 Å². The maximum Gasteiger partial charge on any atom is 0.251 e. The maximum absolute atomic E-state index is 12.6. The summed E-state index contributed by atoms with van der Waals surface area (Å²) < 4.78 is 2.06. The third-order valence-electron chi connectivity index (χ3n) is 4.85. The van der Waals surface area contributed by atoms with Crippen LogP contribution in [-0.4, -0.2) is 26.5 Å². The molecule has 6 nitrogen and oxygen atoms in total. The summed E-state index contributed by atoms with van der Waals surface area (Å²) in [5.74, 6) is 0.260. The summed E-state index contributed by atoms with van der Waals surface area (Å²) in [6.07, 6.45) is 10.7. The van der Waals surface area contributed by atoms with Crippen molar-refractivity contribution in [3.8, 4) is 0 Å². The van der Waals surface area contributed by atoms with E-state index in [1.54, 1.807) is 12.5 Å². The normalized spacial score (nSPS) is 23.8. The second kappa shape index (κ2) is 5.68. The Balaban J connectivity index is 1.52. The van der Waals surface area contributed by atoms with Crippen LogP contribution in [0.2, 0.25) is 0 Å². The molecule has 2 N–H and O–H groups in total. The largest absolute Gasteiger partial charge is 0.347 e. The molecule has 2 aromatic rings. The molecular weight excluding hydrogens is 292 g/mol. The van der Waals surface area contributed by atoms with E-state index >= 15 is 0 Å². The molecule has 0 unspecified atom stereocenters. The van der Waals surface area contributed by atoms with Gasteiger partial charge >= 0.3 is 0 Å². The first-order chi connectivity index (χ1) is 11.2. The highest BCUT2D eigenvalue weighted by molar-refractivity contribution is 5.94. The lowest BCUT2D eigenvalue weighted by Crippen LogP contribution is -2.38. The first kappa shape index (κ1) is 14.2. The number of nitrogens with one attached hydrogen (secondary N) is 2. The van der Waals surface area contributed by atoms with Crippen LogP contribution in [0.1, 0.15) is 60.1 Å². The van der Waals surface area contributed by atoms with Gasteiger partial charge < -0.3 is 14.9 Å². The van der Waals surface area contributed by atoms with E-state index in [9.17, 15) is 9.59 Å². The van der Waals surface area contributed by atoms with Gasteiger partial charge in [0.2, 0.25) is 5.56 Å². The van der Waals surface area contributed by atoms with E-state index in [0.717, 1.165) is 37.8 Å². The molecule has 0 aromatic carbocycles. The summed E-state index contributed by atoms with van der Waals surface area (Å²) in [4.78, 5) is 31.3. The predicted octanol–water partition coefficient (Wildman–Crippen LogP) is 1.97. The van der Waals surface area contributed by atoms with Crippen LogP contribution in [0.4, 0.5) is 0 Å². The SMILES string of the molecule is O=C(N[C@@H]1CCC[C@@H]1n1ccnc1)c1cc(C2CC2)[nH]c(=O)c1. The van der Waals surface area contributed by atoms with Crippen LogP contribution in [0.15, 0.2) is 35.6 Å². The van der Waals surface area contributed by atoms with Crippen molar-refractivity contribution in [2.75, 3.05) is 0 Å². The van der Waals surface area contributed by atoms with E-state index < -0.39 is 0 Å². The topological polar surface area (TPSA) is 79.8 Å². The smallest absolute Gasteiger partial charge is 0.251 e. The number of aromatic nitrogens is 3. The van der Waals surface area contributed by atoms with Gasteiger partial charge in [-0.25, -0.2) is 4.98 Å². The number of hydrogen-bond acceptors (Lipinski definition) is 3. The molecule has 23 heavy (non-hydrogen) atoms. The fourth-order valence-electron chi connectivity index (χ4n) is 3.49. The number of nitrogens with zero attached hydrogens (tertiary/aromatic N) is 2. The summed E-state index contributed by atoms with van der Waals surface area (Å²) in [6, 6.07) is 3.55. The van der Waals surface area contributed by atoms with E-state index in [-0.39, 0.29) is 23.6 Å². The standard InChI is InChI=1S/C17H20N4O2/c22-16-9-12(8-14(19-16)11-4-5-11)17(23)20-13-2-1-3-15(13)21-7-6-18-10-21/h6-11,13,15H,1-5H2,(H,19,22)(H,20,23)/t13-,15+/m1/s1. The zero-order valence-corrected chi connectivity index (χ0v) is 12.9. The summed E-state index contributed by atoms with van der Waals surface area (Å²) in [7, 11) is 0. The Morgan fingerprint density at radius 3 is 2.87 bits per heavy atom. The maximum atomic E-state index is 12.6. The number of amides is 1. The molecule has 0 radical (unpaired) electrons. The number of pyridine rings is 1. The van der Waals surface area contributed by atoms with Crippen LogP contribution in [0.25, 0.3) is 0 Å². The zero-order chi connectivity index (χ0) is 15.8. The van der Waals surface area contributed by atoms with Crippen molar-refractivity contribution in [3.63, 3.8) is 0 Å². The van der Waals surface area contributed by atoms with Crippen molar-refractivity contribution in [1.29, 1.82) is 0 Å². The molecule has 2 atom stereocenters. The van der Waals surface area contributed by atoms with Crippen LogP contribution in [0.3, 0.4) is 0 Å². The minimum atomic E-state index is -0.197. The highest BCUT2D eigenvalue weighted by Gasteiger charge is 2.30. The van der Waals surface area contributed by atoms with Gasteiger partial charge in [-0.15, -0.1) is 0 Å². The lowest BCUT2D eigenvalue weighted by Gasteiger charge is -2.22. The summed E-state index contributed by atoms with van der Waals surface area (Å²) >= 11 is 0. The molecule has 0 aliphatic heterocycles. The van der Waals surface area contributed by atoms with Crippen LogP contribution in [0, 0.1) is 0 Å². The molecule has 0 bridgehead atoms. The molecule has 2 aliphatic carbocycles. The molecule has 6 heteroatoms. The highest BCUT2D eigenvalue weighted by atomic mass is 16.2. The van der Waals surface area contributed by atoms with E-state index in [4.69, 9.17) is 0 Å². The number of carbonyl (C=O) groups excluding carboxylic acids is 1. The number of H-pyrrole nitrogens is 1. The second-order valence-electron chi connectivity index (χ2n) is 6.55. The lowest BCUT2D eigenvalue weighted by atomic mass is 10.1. The molecule has 4 rings (SSSR count). The minimum Gasteiger partial charge on any atom is -0.347 e. The van der Waals surface area contributed by atoms with Gasteiger partial charge in [0.25, 0.3) is 5.91 Å². The van der Waals surface area contributed by atoms with Crippen LogP contribution in [0.5, 0.6) is 0 Å². The first-order valence-electron chi connectivity index (χ1n) is 8.23. The Morgan fingerprint density at radius 1 is 1.26 bits per heavy atom. The molecule has 2 saturated carbocycles. The average molecular weight is 312 g/mol. The Morgan fingerprint density at radius 2 is 2.13 bits per heavy atom. The van der Waals surface area contributed by atoms with Gasteiger partial charge in [-0.05, 0) is 44.1 Å². The average Bonchev–Trinajstić information content (AvgIpc) is 3.05. The Labute approximate surface area is 133 Å². The molecule has 2 fully saturated rings. The lowest BCUT2D eigenvalue weighted by molar-refractivity contribution is 0.0928. The highest BCUT2D eigenvalue weighted by Crippen LogP contribution is 2.38. The number of hydrogen-bond donors (Lipinski definition) is 2. The Kier molecular flexibility index (Phi) is 3.52. The Bertz CT molecular complexity index is 761. The number of aromatic amines is 1. The third kappa shape index (κ3) is 2.93. The van der Waals surface area contributed by atoms with Crippen LogP contribution < -0.4 is 10.9 Å². The zero-order valence-electron chi connectivity index (χ0n) is 12.9. The number of imidazole rings is 1. The summed E-state index contributed by atoms with van der Waals surface area (Å²) in [5, 5.41) is 3.11. The van der Waals surface area contributed by atoms with Crippen molar-refractivity contribution in [3.05, 3.63) is 52.5 Å². The quantitative estimate of drug-likeness (QED) is 0.906. The van der Waals surface area contributed by atoms with Crippen molar-refractivity contribution in [2.24, 2.45) is 0 Å². The van der Waals surface area contributed by atoms with Gasteiger partial charge in [-0.3, -0.25) is 9.59 Å². The van der Waals surface area contributed by atoms with Gasteiger partial charge in [-0.2, -0.15) is 0 Å². The van der Waals surface area contributed by atoms with E-state index in [1.165, 1.54) is 6.07 Å². The molecule has 2 aliphatic rings. The minimum absolute atomic E-state index is 0.0837. The monoisotopic (exact) mass is 312 g/mol. The molecule has 2 aromatic heterocycles. The van der Waals surface area contributed by atoms with Crippen molar-refractivity contribution in [1.82, 2.24) is 19.9 Å². The van der Waals surface area contributed by atoms with Gasteiger partial charge in [0, 0.05) is 35.8 Å². The fraction of sp³-hybridized carbons (Fsp3) is 0.471.